The van der Waals surface area contributed by atoms with Gasteiger partial charge in [0.1, 0.15) is 0 Å². The van der Waals surface area contributed by atoms with Crippen molar-refractivity contribution in [2.24, 2.45) is 5.92 Å². The minimum absolute atomic E-state index is 0.144. The third-order valence-corrected chi connectivity index (χ3v) is 4.30. The highest BCUT2D eigenvalue weighted by molar-refractivity contribution is 5.94. The van der Waals surface area contributed by atoms with Crippen molar-refractivity contribution in [3.8, 4) is 0 Å². The van der Waals surface area contributed by atoms with Crippen molar-refractivity contribution in [2.45, 2.75) is 25.3 Å². The van der Waals surface area contributed by atoms with Crippen LogP contribution in [0.15, 0.2) is 24.3 Å². The maximum Gasteiger partial charge on any atom is 0.337 e. The molecule has 2 fully saturated rings. The van der Waals surface area contributed by atoms with Crippen molar-refractivity contribution < 1.29 is 14.7 Å². The Balaban J connectivity index is 1.80. The van der Waals surface area contributed by atoms with Gasteiger partial charge in [-0.2, -0.15) is 0 Å². The molecule has 20 heavy (non-hydrogen) atoms. The minimum Gasteiger partial charge on any atom is -0.478 e. The molecule has 1 amide bonds. The molecule has 2 aliphatic rings. The summed E-state index contributed by atoms with van der Waals surface area (Å²) in [5, 5.41) is 12.3. The number of piperidine rings is 2. The van der Waals surface area contributed by atoms with Crippen LogP contribution in [0.1, 0.15) is 29.6 Å². The first-order chi connectivity index (χ1) is 9.65. The predicted octanol–water partition coefficient (Wildman–Crippen LogP) is 1.49. The zero-order chi connectivity index (χ0) is 14.1. The van der Waals surface area contributed by atoms with Gasteiger partial charge in [0, 0.05) is 25.6 Å². The molecule has 0 bridgehead atoms. The van der Waals surface area contributed by atoms with Gasteiger partial charge in [-0.1, -0.05) is 12.1 Å². The first-order valence-corrected chi connectivity index (χ1v) is 7.02. The summed E-state index contributed by atoms with van der Waals surface area (Å²) in [6, 6.07) is 7.39. The number of hydrogen-bond donors (Lipinski definition) is 2. The van der Waals surface area contributed by atoms with Gasteiger partial charge in [0.05, 0.1) is 11.3 Å². The number of carboxylic acid groups (broad SMARTS) is 1. The Bertz CT molecular complexity index is 544. The fraction of sp³-hybridized carbons (Fsp3) is 0.467. The molecular formula is C15H18N2O3. The third-order valence-electron chi connectivity index (χ3n) is 4.30. The number of hydrogen-bond acceptors (Lipinski definition) is 3. The Kier molecular flexibility index (Phi) is 3.34. The Morgan fingerprint density at radius 2 is 2.10 bits per heavy atom. The number of rotatable bonds is 2. The largest absolute Gasteiger partial charge is 0.478 e. The van der Waals surface area contributed by atoms with Crippen molar-refractivity contribution >= 4 is 17.6 Å². The van der Waals surface area contributed by atoms with E-state index >= 15 is 0 Å². The average molecular weight is 274 g/mol. The van der Waals surface area contributed by atoms with Crippen LogP contribution < -0.4 is 10.2 Å². The average Bonchev–Trinajstić information content (AvgIpc) is 2.46. The SMILES string of the molecule is O=C1CCC2CN(c3ccccc3C(=O)O)CCC2N1. The minimum atomic E-state index is -0.889. The van der Waals surface area contributed by atoms with Crippen LogP contribution in [0, 0.1) is 5.92 Å². The Labute approximate surface area is 117 Å². The molecule has 106 valence electrons. The fourth-order valence-electron chi connectivity index (χ4n) is 3.26. The summed E-state index contributed by atoms with van der Waals surface area (Å²) in [7, 11) is 0. The second kappa shape index (κ2) is 5.15. The van der Waals surface area contributed by atoms with E-state index in [9.17, 15) is 14.7 Å². The van der Waals surface area contributed by atoms with Gasteiger partial charge in [-0.25, -0.2) is 4.79 Å². The van der Waals surface area contributed by atoms with Crippen LogP contribution in [-0.2, 0) is 4.79 Å². The summed E-state index contributed by atoms with van der Waals surface area (Å²) in [4.78, 5) is 24.9. The zero-order valence-corrected chi connectivity index (χ0v) is 11.2. The molecule has 0 radical (unpaired) electrons. The molecule has 1 aromatic carbocycles. The number of benzene rings is 1. The van der Waals surface area contributed by atoms with Gasteiger partial charge in [-0.3, -0.25) is 4.79 Å². The summed E-state index contributed by atoms with van der Waals surface area (Å²) in [5.74, 6) is -0.325. The summed E-state index contributed by atoms with van der Waals surface area (Å²) in [6.07, 6.45) is 2.35. The number of nitrogens with zero attached hydrogens (tertiary/aromatic N) is 1. The monoisotopic (exact) mass is 274 g/mol. The Morgan fingerprint density at radius 1 is 1.30 bits per heavy atom. The molecule has 2 atom stereocenters. The van der Waals surface area contributed by atoms with Crippen molar-refractivity contribution in [1.29, 1.82) is 0 Å². The number of carbonyl (C=O) groups is 2. The summed E-state index contributed by atoms with van der Waals surface area (Å²) in [6.45, 7) is 1.60. The highest BCUT2D eigenvalue weighted by Gasteiger charge is 2.34. The number of fused-ring (bicyclic) bond motifs is 1. The molecule has 2 saturated heterocycles. The van der Waals surface area contributed by atoms with Gasteiger partial charge < -0.3 is 15.3 Å². The maximum absolute atomic E-state index is 11.4. The molecule has 2 heterocycles. The van der Waals surface area contributed by atoms with Crippen LogP contribution in [-0.4, -0.2) is 36.1 Å². The van der Waals surface area contributed by atoms with E-state index in [0.717, 1.165) is 31.6 Å². The molecule has 2 unspecified atom stereocenters. The maximum atomic E-state index is 11.4. The van der Waals surface area contributed by atoms with E-state index in [1.165, 1.54) is 0 Å². The lowest BCUT2D eigenvalue weighted by Crippen LogP contribution is -2.54. The van der Waals surface area contributed by atoms with E-state index < -0.39 is 5.97 Å². The lowest BCUT2D eigenvalue weighted by Gasteiger charge is -2.42. The quantitative estimate of drug-likeness (QED) is 0.857. The molecule has 5 nitrogen and oxygen atoms in total. The fourth-order valence-corrected chi connectivity index (χ4v) is 3.26. The number of amides is 1. The Hall–Kier alpha value is -2.04. The van der Waals surface area contributed by atoms with Crippen LogP contribution in [0.2, 0.25) is 0 Å². The number of nitrogens with one attached hydrogen (secondary N) is 1. The molecule has 3 rings (SSSR count). The standard InChI is InChI=1S/C15H18N2O3/c18-14-6-5-10-9-17(8-7-12(10)16-14)13-4-2-1-3-11(13)15(19)20/h1-4,10,12H,5-9H2,(H,16,18)(H,19,20). The van der Waals surface area contributed by atoms with Crippen LogP contribution in [0.4, 0.5) is 5.69 Å². The number of aromatic carboxylic acids is 1. The van der Waals surface area contributed by atoms with Gasteiger partial charge in [-0.05, 0) is 30.9 Å². The van der Waals surface area contributed by atoms with E-state index in [0.29, 0.717) is 17.9 Å². The second-order valence-electron chi connectivity index (χ2n) is 5.53. The van der Waals surface area contributed by atoms with Crippen LogP contribution in [0.5, 0.6) is 0 Å². The lowest BCUT2D eigenvalue weighted by molar-refractivity contribution is -0.124. The van der Waals surface area contributed by atoms with Crippen molar-refractivity contribution in [3.63, 3.8) is 0 Å². The normalized spacial score (nSPS) is 25.8. The molecule has 1 aromatic rings. The highest BCUT2D eigenvalue weighted by atomic mass is 16.4. The number of para-hydroxylation sites is 1. The number of carboxylic acids is 1. The molecule has 0 saturated carbocycles. The number of anilines is 1. The number of carbonyl (C=O) groups excluding carboxylic acids is 1. The summed E-state index contributed by atoms with van der Waals surface area (Å²) < 4.78 is 0. The van der Waals surface area contributed by atoms with E-state index in [1.807, 2.05) is 12.1 Å². The molecule has 5 heteroatoms. The topological polar surface area (TPSA) is 69.6 Å². The first-order valence-electron chi connectivity index (χ1n) is 7.02. The van der Waals surface area contributed by atoms with Crippen molar-refractivity contribution in [2.75, 3.05) is 18.0 Å². The van der Waals surface area contributed by atoms with E-state index in [4.69, 9.17) is 0 Å². The molecule has 2 aliphatic heterocycles. The van der Waals surface area contributed by atoms with Crippen molar-refractivity contribution in [3.05, 3.63) is 29.8 Å². The molecule has 2 N–H and O–H groups in total. The smallest absolute Gasteiger partial charge is 0.337 e. The van der Waals surface area contributed by atoms with Gasteiger partial charge >= 0.3 is 5.97 Å². The zero-order valence-electron chi connectivity index (χ0n) is 11.2. The van der Waals surface area contributed by atoms with Gasteiger partial charge in [0.2, 0.25) is 5.91 Å². The molecule has 0 spiro atoms. The van der Waals surface area contributed by atoms with Crippen LogP contribution >= 0.6 is 0 Å². The van der Waals surface area contributed by atoms with Crippen LogP contribution in [0.3, 0.4) is 0 Å². The predicted molar refractivity (Wildman–Crippen MR) is 74.9 cm³/mol. The highest BCUT2D eigenvalue weighted by Crippen LogP contribution is 2.30. The lowest BCUT2D eigenvalue weighted by atomic mass is 9.85. The van der Waals surface area contributed by atoms with E-state index in [1.54, 1.807) is 12.1 Å². The van der Waals surface area contributed by atoms with Gasteiger partial charge in [0.15, 0.2) is 0 Å². The summed E-state index contributed by atoms with van der Waals surface area (Å²) in [5.41, 5.74) is 1.14. The summed E-state index contributed by atoms with van der Waals surface area (Å²) >= 11 is 0. The molecule has 0 aliphatic carbocycles. The third kappa shape index (κ3) is 2.35. The Morgan fingerprint density at radius 3 is 2.90 bits per heavy atom. The van der Waals surface area contributed by atoms with Crippen molar-refractivity contribution in [1.82, 2.24) is 5.32 Å². The van der Waals surface area contributed by atoms with Gasteiger partial charge in [0.25, 0.3) is 0 Å². The van der Waals surface area contributed by atoms with E-state index in [-0.39, 0.29) is 11.9 Å². The second-order valence-corrected chi connectivity index (χ2v) is 5.53. The first kappa shape index (κ1) is 13.0. The van der Waals surface area contributed by atoms with Crippen LogP contribution in [0.25, 0.3) is 0 Å². The van der Waals surface area contributed by atoms with Gasteiger partial charge in [-0.15, -0.1) is 0 Å². The molecule has 0 aromatic heterocycles. The van der Waals surface area contributed by atoms with E-state index in [2.05, 4.69) is 10.2 Å². The molecular weight excluding hydrogens is 256 g/mol.